The van der Waals surface area contributed by atoms with E-state index in [0.29, 0.717) is 6.42 Å². The van der Waals surface area contributed by atoms with Gasteiger partial charge >= 0.3 is 0 Å². The van der Waals surface area contributed by atoms with Gasteiger partial charge in [-0.1, -0.05) is 29.8 Å². The Hall–Kier alpha value is -1.49. The number of carbonyl (C=O) groups is 1. The molecule has 1 aromatic heterocycles. The van der Waals surface area contributed by atoms with Crippen LogP contribution in [-0.2, 0) is 12.8 Å². The van der Waals surface area contributed by atoms with Crippen LogP contribution >= 0.6 is 11.3 Å². The van der Waals surface area contributed by atoms with Gasteiger partial charge in [-0.05, 0) is 63.6 Å². The SMILES string of the molecule is Cc1ccc(CCCC(=O)c2ccc(CCCC(C)(N)CO)s2)cc1. The Morgan fingerprint density at radius 3 is 2.52 bits per heavy atom. The number of ketones is 1. The van der Waals surface area contributed by atoms with Crippen LogP contribution in [0.2, 0.25) is 0 Å². The number of carbonyl (C=O) groups excluding carboxylic acids is 1. The van der Waals surface area contributed by atoms with E-state index in [4.69, 9.17) is 5.73 Å². The van der Waals surface area contributed by atoms with E-state index in [-0.39, 0.29) is 12.4 Å². The molecule has 1 heterocycles. The van der Waals surface area contributed by atoms with E-state index < -0.39 is 5.54 Å². The second-order valence-corrected chi connectivity index (χ2v) is 8.36. The molecule has 0 radical (unpaired) electrons. The molecule has 3 N–H and O–H groups in total. The van der Waals surface area contributed by atoms with Crippen LogP contribution in [0.5, 0.6) is 0 Å². The zero-order valence-corrected chi connectivity index (χ0v) is 16.1. The smallest absolute Gasteiger partial charge is 0.172 e. The summed E-state index contributed by atoms with van der Waals surface area (Å²) in [5.74, 6) is 0.238. The number of hydrogen-bond donors (Lipinski definition) is 2. The topological polar surface area (TPSA) is 63.3 Å². The molecule has 1 atom stereocenters. The molecule has 0 saturated carbocycles. The lowest BCUT2D eigenvalue weighted by Gasteiger charge is -2.20. The average molecular weight is 360 g/mol. The van der Waals surface area contributed by atoms with E-state index in [1.54, 1.807) is 11.3 Å². The van der Waals surface area contributed by atoms with Crippen LogP contribution in [0.4, 0.5) is 0 Å². The Labute approximate surface area is 154 Å². The van der Waals surface area contributed by atoms with Gasteiger partial charge in [0.25, 0.3) is 0 Å². The van der Waals surface area contributed by atoms with Crippen molar-refractivity contribution in [1.82, 2.24) is 0 Å². The van der Waals surface area contributed by atoms with Gasteiger partial charge in [0.05, 0.1) is 11.5 Å². The summed E-state index contributed by atoms with van der Waals surface area (Å²) < 4.78 is 0. The molecule has 4 heteroatoms. The van der Waals surface area contributed by atoms with Crippen LogP contribution in [-0.4, -0.2) is 23.0 Å². The molecule has 0 fully saturated rings. The van der Waals surface area contributed by atoms with Gasteiger partial charge in [0, 0.05) is 16.8 Å². The second kappa shape index (κ2) is 9.27. The van der Waals surface area contributed by atoms with Gasteiger partial charge in [-0.15, -0.1) is 11.3 Å². The van der Waals surface area contributed by atoms with Crippen molar-refractivity contribution in [2.24, 2.45) is 5.73 Å². The molecule has 0 aliphatic rings. The van der Waals surface area contributed by atoms with Crippen molar-refractivity contribution in [1.29, 1.82) is 0 Å². The maximum atomic E-state index is 12.3. The first-order valence-corrected chi connectivity index (χ1v) is 9.78. The van der Waals surface area contributed by atoms with E-state index in [0.717, 1.165) is 37.0 Å². The highest BCUT2D eigenvalue weighted by Gasteiger charge is 2.16. The van der Waals surface area contributed by atoms with E-state index in [2.05, 4.69) is 31.2 Å². The average Bonchev–Trinajstić information content (AvgIpc) is 3.05. The summed E-state index contributed by atoms with van der Waals surface area (Å²) in [6.45, 7) is 3.95. The fraction of sp³-hybridized carbons (Fsp3) is 0.476. The number of nitrogens with two attached hydrogens (primary N) is 1. The minimum Gasteiger partial charge on any atom is -0.394 e. The van der Waals surface area contributed by atoms with E-state index in [9.17, 15) is 9.90 Å². The van der Waals surface area contributed by atoms with Crippen molar-refractivity contribution in [3.63, 3.8) is 0 Å². The lowest BCUT2D eigenvalue weighted by molar-refractivity contribution is 0.0984. The van der Waals surface area contributed by atoms with Crippen LogP contribution in [0, 0.1) is 6.92 Å². The first-order valence-electron chi connectivity index (χ1n) is 8.97. The molecule has 1 aromatic carbocycles. The van der Waals surface area contributed by atoms with Gasteiger partial charge in [0.15, 0.2) is 5.78 Å². The Morgan fingerprint density at radius 2 is 1.84 bits per heavy atom. The molecular weight excluding hydrogens is 330 g/mol. The standard InChI is InChI=1S/C21H29NO2S/c1-16-8-10-17(11-9-16)5-3-7-19(24)20-13-12-18(25-20)6-4-14-21(2,22)15-23/h8-13,23H,3-7,14-15,22H2,1-2H3. The zero-order valence-electron chi connectivity index (χ0n) is 15.3. The molecule has 0 spiro atoms. The van der Waals surface area contributed by atoms with Crippen LogP contribution < -0.4 is 5.73 Å². The minimum absolute atomic E-state index is 0.00214. The third kappa shape index (κ3) is 6.73. The summed E-state index contributed by atoms with van der Waals surface area (Å²) in [4.78, 5) is 14.4. The number of thiophene rings is 1. The Morgan fingerprint density at radius 1 is 1.12 bits per heavy atom. The van der Waals surface area contributed by atoms with Gasteiger partial charge in [0.2, 0.25) is 0 Å². The zero-order chi connectivity index (χ0) is 18.3. The normalized spacial score (nSPS) is 13.6. The number of rotatable bonds is 10. The highest BCUT2D eigenvalue weighted by Crippen LogP contribution is 2.22. The largest absolute Gasteiger partial charge is 0.394 e. The molecule has 2 aromatic rings. The highest BCUT2D eigenvalue weighted by atomic mass is 32.1. The predicted octanol–water partition coefficient (Wildman–Crippen LogP) is 4.29. The second-order valence-electron chi connectivity index (χ2n) is 7.19. The quantitative estimate of drug-likeness (QED) is 0.622. The Balaban J connectivity index is 1.75. The third-order valence-electron chi connectivity index (χ3n) is 4.46. The first kappa shape index (κ1) is 19.8. The van der Waals surface area contributed by atoms with Gasteiger partial charge in [-0.2, -0.15) is 0 Å². The van der Waals surface area contributed by atoms with Crippen molar-refractivity contribution < 1.29 is 9.90 Å². The number of Topliss-reactive ketones (excluding diaryl/α,β-unsaturated/α-hetero) is 1. The maximum absolute atomic E-state index is 12.3. The molecule has 3 nitrogen and oxygen atoms in total. The summed E-state index contributed by atoms with van der Waals surface area (Å²) in [7, 11) is 0. The number of aliphatic hydroxyl groups excluding tert-OH is 1. The van der Waals surface area contributed by atoms with Crippen molar-refractivity contribution >= 4 is 17.1 Å². The summed E-state index contributed by atoms with van der Waals surface area (Å²) in [6, 6.07) is 12.5. The molecule has 0 aliphatic carbocycles. The molecule has 0 amide bonds. The fourth-order valence-electron chi connectivity index (χ4n) is 2.74. The number of aliphatic hydroxyl groups is 1. The van der Waals surface area contributed by atoms with E-state index in [1.165, 1.54) is 16.0 Å². The maximum Gasteiger partial charge on any atom is 0.172 e. The predicted molar refractivity (Wildman–Crippen MR) is 105 cm³/mol. The van der Waals surface area contributed by atoms with Gasteiger partial charge in [-0.3, -0.25) is 4.79 Å². The van der Waals surface area contributed by atoms with Crippen LogP contribution in [0.15, 0.2) is 36.4 Å². The minimum atomic E-state index is -0.508. The summed E-state index contributed by atoms with van der Waals surface area (Å²) in [6.07, 6.45) is 5.04. The van der Waals surface area contributed by atoms with Crippen LogP contribution in [0.3, 0.4) is 0 Å². The molecule has 0 bridgehead atoms. The highest BCUT2D eigenvalue weighted by molar-refractivity contribution is 7.14. The number of benzene rings is 1. The van der Waals surface area contributed by atoms with Crippen LogP contribution in [0.1, 0.15) is 58.3 Å². The Kier molecular flexibility index (Phi) is 7.36. The molecule has 0 saturated heterocycles. The first-order chi connectivity index (χ1) is 11.9. The fourth-order valence-corrected chi connectivity index (χ4v) is 3.76. The lowest BCUT2D eigenvalue weighted by Crippen LogP contribution is -2.40. The van der Waals surface area contributed by atoms with Gasteiger partial charge in [0.1, 0.15) is 0 Å². The molecule has 136 valence electrons. The molecule has 25 heavy (non-hydrogen) atoms. The van der Waals surface area contributed by atoms with Crippen molar-refractivity contribution in [3.05, 3.63) is 57.3 Å². The molecule has 1 unspecified atom stereocenters. The Bertz CT molecular complexity index is 673. The van der Waals surface area contributed by atoms with Gasteiger partial charge < -0.3 is 10.8 Å². The molecule has 0 aliphatic heterocycles. The van der Waals surface area contributed by atoms with Crippen molar-refractivity contribution in [2.45, 2.75) is 57.9 Å². The van der Waals surface area contributed by atoms with E-state index >= 15 is 0 Å². The summed E-state index contributed by atoms with van der Waals surface area (Å²) >= 11 is 1.59. The third-order valence-corrected chi connectivity index (χ3v) is 5.64. The molecular formula is C21H29NO2S. The lowest BCUT2D eigenvalue weighted by atomic mass is 9.97. The summed E-state index contributed by atoms with van der Waals surface area (Å²) in [5, 5.41) is 9.18. The molecule has 2 rings (SSSR count). The van der Waals surface area contributed by atoms with Crippen LogP contribution in [0.25, 0.3) is 0 Å². The van der Waals surface area contributed by atoms with Crippen molar-refractivity contribution in [2.75, 3.05) is 6.61 Å². The number of aryl methyl sites for hydroxylation is 3. The van der Waals surface area contributed by atoms with Gasteiger partial charge in [-0.25, -0.2) is 0 Å². The summed E-state index contributed by atoms with van der Waals surface area (Å²) in [5.41, 5.74) is 7.99. The monoisotopic (exact) mass is 359 g/mol. The van der Waals surface area contributed by atoms with E-state index in [1.807, 2.05) is 19.1 Å². The van der Waals surface area contributed by atoms with Crippen molar-refractivity contribution in [3.8, 4) is 0 Å². The number of hydrogen-bond acceptors (Lipinski definition) is 4.